The number of rotatable bonds is 2. The van der Waals surface area contributed by atoms with E-state index in [4.69, 9.17) is 4.74 Å². The van der Waals surface area contributed by atoms with Crippen LogP contribution in [-0.2, 0) is 9.53 Å². The first-order valence-corrected chi connectivity index (χ1v) is 6.54. The van der Waals surface area contributed by atoms with Crippen LogP contribution in [0, 0.1) is 0 Å². The third-order valence-electron chi connectivity index (χ3n) is 3.73. The van der Waals surface area contributed by atoms with Crippen molar-refractivity contribution in [3.05, 3.63) is 30.3 Å². The van der Waals surface area contributed by atoms with Gasteiger partial charge in [0, 0.05) is 25.3 Å². The molecule has 0 N–H and O–H groups in total. The highest BCUT2D eigenvalue weighted by Gasteiger charge is 2.36. The third-order valence-corrected chi connectivity index (χ3v) is 3.73. The van der Waals surface area contributed by atoms with E-state index in [-0.39, 0.29) is 24.4 Å². The normalized spacial score (nSPS) is 24.3. The summed E-state index contributed by atoms with van der Waals surface area (Å²) in [7, 11) is 0. The molecule has 1 atom stereocenters. The van der Waals surface area contributed by atoms with Crippen LogP contribution in [-0.4, -0.2) is 49.7 Å². The Balaban J connectivity index is 0.00000133. The van der Waals surface area contributed by atoms with Gasteiger partial charge in [0.25, 0.3) is 0 Å². The fourth-order valence-corrected chi connectivity index (χ4v) is 2.76. The largest absolute Gasteiger partial charge is 0.379 e. The molecule has 104 valence electrons. The SMILES string of the molecule is Cl.O=C1C(N2CCOCC2)CCN1c1ccccc1. The number of halogens is 1. The Labute approximate surface area is 119 Å². The van der Waals surface area contributed by atoms with Crippen LogP contribution in [0.3, 0.4) is 0 Å². The zero-order valence-electron chi connectivity index (χ0n) is 10.8. The molecule has 4 nitrogen and oxygen atoms in total. The molecule has 1 unspecified atom stereocenters. The van der Waals surface area contributed by atoms with Crippen molar-refractivity contribution in [2.24, 2.45) is 0 Å². The zero-order chi connectivity index (χ0) is 12.4. The van der Waals surface area contributed by atoms with Gasteiger partial charge in [0.1, 0.15) is 0 Å². The molecular formula is C14H19ClN2O2. The van der Waals surface area contributed by atoms with E-state index in [1.807, 2.05) is 35.2 Å². The van der Waals surface area contributed by atoms with Gasteiger partial charge in [-0.1, -0.05) is 18.2 Å². The number of morpholine rings is 1. The van der Waals surface area contributed by atoms with E-state index >= 15 is 0 Å². The van der Waals surface area contributed by atoms with E-state index < -0.39 is 0 Å². The maximum Gasteiger partial charge on any atom is 0.244 e. The highest BCUT2D eigenvalue weighted by molar-refractivity contribution is 5.99. The Morgan fingerprint density at radius 3 is 2.42 bits per heavy atom. The lowest BCUT2D eigenvalue weighted by molar-refractivity contribution is -0.123. The Hall–Kier alpha value is -1.10. The molecule has 5 heteroatoms. The van der Waals surface area contributed by atoms with E-state index in [2.05, 4.69) is 4.90 Å². The Morgan fingerprint density at radius 2 is 1.74 bits per heavy atom. The van der Waals surface area contributed by atoms with Crippen molar-refractivity contribution in [2.45, 2.75) is 12.5 Å². The zero-order valence-corrected chi connectivity index (χ0v) is 11.6. The van der Waals surface area contributed by atoms with Gasteiger partial charge in [-0.2, -0.15) is 0 Å². The number of ether oxygens (including phenoxy) is 1. The van der Waals surface area contributed by atoms with Gasteiger partial charge in [-0.05, 0) is 18.6 Å². The van der Waals surface area contributed by atoms with E-state index in [9.17, 15) is 4.79 Å². The van der Waals surface area contributed by atoms with Crippen molar-refractivity contribution in [1.29, 1.82) is 0 Å². The number of nitrogens with zero attached hydrogens (tertiary/aromatic N) is 2. The van der Waals surface area contributed by atoms with E-state index in [0.29, 0.717) is 0 Å². The molecule has 0 aliphatic carbocycles. The first-order chi connectivity index (χ1) is 8.86. The summed E-state index contributed by atoms with van der Waals surface area (Å²) in [6, 6.07) is 9.98. The Morgan fingerprint density at radius 1 is 1.05 bits per heavy atom. The second kappa shape index (κ2) is 6.37. The second-order valence-electron chi connectivity index (χ2n) is 4.78. The van der Waals surface area contributed by atoms with Gasteiger partial charge < -0.3 is 9.64 Å². The molecule has 1 amide bonds. The average molecular weight is 283 g/mol. The first-order valence-electron chi connectivity index (χ1n) is 6.54. The third kappa shape index (κ3) is 2.91. The smallest absolute Gasteiger partial charge is 0.244 e. The first kappa shape index (κ1) is 14.3. The Kier molecular flexibility index (Phi) is 4.80. The van der Waals surface area contributed by atoms with Gasteiger partial charge in [0.15, 0.2) is 0 Å². The predicted octanol–water partition coefficient (Wildman–Crippen LogP) is 1.55. The summed E-state index contributed by atoms with van der Waals surface area (Å²) >= 11 is 0. The fourth-order valence-electron chi connectivity index (χ4n) is 2.76. The molecule has 2 heterocycles. The molecule has 2 saturated heterocycles. The molecule has 2 aliphatic heterocycles. The average Bonchev–Trinajstić information content (AvgIpc) is 2.83. The van der Waals surface area contributed by atoms with Crippen LogP contribution in [0.1, 0.15) is 6.42 Å². The maximum absolute atomic E-state index is 12.4. The quantitative estimate of drug-likeness (QED) is 0.825. The second-order valence-corrected chi connectivity index (χ2v) is 4.78. The molecule has 0 aromatic heterocycles. The summed E-state index contributed by atoms with van der Waals surface area (Å²) in [4.78, 5) is 16.6. The van der Waals surface area contributed by atoms with E-state index in [1.54, 1.807) is 0 Å². The molecule has 0 spiro atoms. The van der Waals surface area contributed by atoms with E-state index in [0.717, 1.165) is 45.0 Å². The van der Waals surface area contributed by atoms with Gasteiger partial charge in [0.2, 0.25) is 5.91 Å². The lowest BCUT2D eigenvalue weighted by Gasteiger charge is -2.31. The summed E-state index contributed by atoms with van der Waals surface area (Å²) in [5, 5.41) is 0. The number of carbonyl (C=O) groups is 1. The van der Waals surface area contributed by atoms with Crippen LogP contribution >= 0.6 is 12.4 Å². The standard InChI is InChI=1S/C14H18N2O2.ClH/c17-14-13(15-8-10-18-11-9-15)6-7-16(14)12-4-2-1-3-5-12;/h1-5,13H,6-11H2;1H. The number of hydrogen-bond donors (Lipinski definition) is 0. The van der Waals surface area contributed by atoms with Crippen LogP contribution in [0.15, 0.2) is 30.3 Å². The lowest BCUT2D eigenvalue weighted by atomic mass is 10.2. The summed E-state index contributed by atoms with van der Waals surface area (Å²) in [5.74, 6) is 0.239. The minimum absolute atomic E-state index is 0. The van der Waals surface area contributed by atoms with Crippen molar-refractivity contribution in [3.63, 3.8) is 0 Å². The molecule has 2 aliphatic rings. The molecule has 1 aromatic rings. The van der Waals surface area contributed by atoms with Crippen LogP contribution < -0.4 is 4.90 Å². The minimum atomic E-state index is 0. The van der Waals surface area contributed by atoms with Gasteiger partial charge in [-0.15, -0.1) is 12.4 Å². The van der Waals surface area contributed by atoms with Gasteiger partial charge in [-0.3, -0.25) is 9.69 Å². The lowest BCUT2D eigenvalue weighted by Crippen LogP contribution is -2.47. The van der Waals surface area contributed by atoms with Gasteiger partial charge in [0.05, 0.1) is 19.3 Å². The highest BCUT2D eigenvalue weighted by atomic mass is 35.5. The maximum atomic E-state index is 12.4. The number of carbonyl (C=O) groups excluding carboxylic acids is 1. The summed E-state index contributed by atoms with van der Waals surface area (Å²) < 4.78 is 5.34. The van der Waals surface area contributed by atoms with Crippen LogP contribution in [0.5, 0.6) is 0 Å². The van der Waals surface area contributed by atoms with Crippen molar-refractivity contribution >= 4 is 24.0 Å². The topological polar surface area (TPSA) is 32.8 Å². The number of para-hydroxylation sites is 1. The number of hydrogen-bond acceptors (Lipinski definition) is 3. The predicted molar refractivity (Wildman–Crippen MR) is 76.8 cm³/mol. The van der Waals surface area contributed by atoms with Crippen molar-refractivity contribution in [1.82, 2.24) is 4.90 Å². The van der Waals surface area contributed by atoms with Crippen molar-refractivity contribution in [3.8, 4) is 0 Å². The Bertz CT molecular complexity index is 421. The molecular weight excluding hydrogens is 264 g/mol. The highest BCUT2D eigenvalue weighted by Crippen LogP contribution is 2.24. The van der Waals surface area contributed by atoms with Crippen molar-refractivity contribution < 1.29 is 9.53 Å². The number of amides is 1. The fraction of sp³-hybridized carbons (Fsp3) is 0.500. The summed E-state index contributed by atoms with van der Waals surface area (Å²) in [5.41, 5.74) is 1.01. The molecule has 0 radical (unpaired) electrons. The minimum Gasteiger partial charge on any atom is -0.379 e. The molecule has 3 rings (SSSR count). The summed E-state index contributed by atoms with van der Waals surface area (Å²) in [6.45, 7) is 4.06. The number of anilines is 1. The van der Waals surface area contributed by atoms with E-state index in [1.165, 1.54) is 0 Å². The molecule has 2 fully saturated rings. The number of benzene rings is 1. The molecule has 0 bridgehead atoms. The van der Waals surface area contributed by atoms with Crippen LogP contribution in [0.4, 0.5) is 5.69 Å². The van der Waals surface area contributed by atoms with Gasteiger partial charge in [-0.25, -0.2) is 0 Å². The van der Waals surface area contributed by atoms with Crippen LogP contribution in [0.25, 0.3) is 0 Å². The monoisotopic (exact) mass is 282 g/mol. The molecule has 0 saturated carbocycles. The molecule has 1 aromatic carbocycles. The molecule has 19 heavy (non-hydrogen) atoms. The van der Waals surface area contributed by atoms with Crippen LogP contribution in [0.2, 0.25) is 0 Å². The summed E-state index contributed by atoms with van der Waals surface area (Å²) in [6.07, 6.45) is 0.924. The van der Waals surface area contributed by atoms with Gasteiger partial charge >= 0.3 is 0 Å². The van der Waals surface area contributed by atoms with Crippen molar-refractivity contribution in [2.75, 3.05) is 37.7 Å².